The number of carbonyl (C=O) groups excluding carboxylic acids is 2. The van der Waals surface area contributed by atoms with Crippen molar-refractivity contribution in [1.29, 1.82) is 0 Å². The van der Waals surface area contributed by atoms with Gasteiger partial charge in [0.15, 0.2) is 0 Å². The van der Waals surface area contributed by atoms with Crippen molar-refractivity contribution >= 4 is 11.8 Å². The summed E-state index contributed by atoms with van der Waals surface area (Å²) in [6, 6.07) is -0.475. The molecular weight excluding hydrogens is 356 g/mol. The fourth-order valence-electron chi connectivity index (χ4n) is 4.80. The van der Waals surface area contributed by atoms with Gasteiger partial charge < -0.3 is 20.5 Å². The second-order valence-corrected chi connectivity index (χ2v) is 10.3. The van der Waals surface area contributed by atoms with E-state index in [1.807, 2.05) is 6.92 Å². The van der Waals surface area contributed by atoms with Gasteiger partial charge in [0.05, 0.1) is 31.4 Å². The molecule has 2 aliphatic carbocycles. The number of carbonyl (C=O) groups is 2. The molecule has 0 unspecified atom stereocenters. The van der Waals surface area contributed by atoms with E-state index in [2.05, 4.69) is 31.4 Å². The van der Waals surface area contributed by atoms with Crippen molar-refractivity contribution in [3.63, 3.8) is 0 Å². The van der Waals surface area contributed by atoms with Gasteiger partial charge in [-0.25, -0.2) is 0 Å². The standard InChI is InChI=1S/C22H38N2O4/c1-13-18(12-28-19(13)17(11-25)23-20(26)14-5-6-14)24-21(27)15-7-9-16(10-8-15)22(2,3)4/h13-19,25H,5-12H2,1-4H3,(H,23,26)(H,24,27)/t13-,15?,16?,17+,18+,19+/m1/s1. The van der Waals surface area contributed by atoms with E-state index in [4.69, 9.17) is 4.74 Å². The molecular formula is C22H38N2O4. The largest absolute Gasteiger partial charge is 0.394 e. The van der Waals surface area contributed by atoms with Crippen molar-refractivity contribution in [2.45, 2.75) is 84.4 Å². The van der Waals surface area contributed by atoms with E-state index in [1.165, 1.54) is 0 Å². The highest BCUT2D eigenvalue weighted by atomic mass is 16.5. The fraction of sp³-hybridized carbons (Fsp3) is 0.909. The average Bonchev–Trinajstić information content (AvgIpc) is 3.45. The summed E-state index contributed by atoms with van der Waals surface area (Å²) in [5, 5.41) is 15.9. The first kappa shape index (κ1) is 21.6. The molecule has 0 radical (unpaired) electrons. The molecule has 0 aromatic carbocycles. The van der Waals surface area contributed by atoms with Gasteiger partial charge in [0.2, 0.25) is 11.8 Å². The lowest BCUT2D eigenvalue weighted by molar-refractivity contribution is -0.127. The van der Waals surface area contributed by atoms with E-state index >= 15 is 0 Å². The number of aliphatic hydroxyl groups is 1. The summed E-state index contributed by atoms with van der Waals surface area (Å²) in [5.74, 6) is 1.08. The summed E-state index contributed by atoms with van der Waals surface area (Å²) in [6.07, 6.45) is 5.73. The lowest BCUT2D eigenvalue weighted by Gasteiger charge is -2.36. The molecule has 28 heavy (non-hydrogen) atoms. The van der Waals surface area contributed by atoms with Gasteiger partial charge in [-0.2, -0.15) is 0 Å². The molecule has 3 aliphatic rings. The molecule has 0 spiro atoms. The maximum absolute atomic E-state index is 12.8. The Bertz CT molecular complexity index is 561. The first-order valence-corrected chi connectivity index (χ1v) is 11.0. The minimum Gasteiger partial charge on any atom is -0.394 e. The molecule has 2 saturated carbocycles. The Balaban J connectivity index is 1.48. The zero-order chi connectivity index (χ0) is 20.5. The minimum atomic E-state index is -0.410. The number of amides is 2. The van der Waals surface area contributed by atoms with Crippen LogP contribution in [0.25, 0.3) is 0 Å². The number of hydrogen-bond donors (Lipinski definition) is 3. The van der Waals surface area contributed by atoms with Crippen LogP contribution in [0.1, 0.15) is 66.2 Å². The maximum Gasteiger partial charge on any atom is 0.223 e. The maximum atomic E-state index is 12.8. The van der Waals surface area contributed by atoms with Gasteiger partial charge >= 0.3 is 0 Å². The van der Waals surface area contributed by atoms with Crippen molar-refractivity contribution in [2.24, 2.45) is 29.1 Å². The zero-order valence-corrected chi connectivity index (χ0v) is 17.9. The van der Waals surface area contributed by atoms with Crippen molar-refractivity contribution in [3.8, 4) is 0 Å². The second-order valence-electron chi connectivity index (χ2n) is 10.3. The Morgan fingerprint density at radius 3 is 2.14 bits per heavy atom. The quantitative estimate of drug-likeness (QED) is 0.645. The third kappa shape index (κ3) is 5.07. The molecule has 0 aromatic rings. The number of aliphatic hydroxyl groups excluding tert-OH is 1. The van der Waals surface area contributed by atoms with Crippen molar-refractivity contribution < 1.29 is 19.4 Å². The molecule has 0 bridgehead atoms. The van der Waals surface area contributed by atoms with E-state index in [9.17, 15) is 14.7 Å². The van der Waals surface area contributed by atoms with E-state index in [1.54, 1.807) is 0 Å². The minimum absolute atomic E-state index is 0.0120. The SMILES string of the molecule is C[C@H]1[C@@H]([C@H](CO)NC(=O)C2CC2)OC[C@@H]1NC(=O)C1CCC(C(C)(C)C)CC1. The van der Waals surface area contributed by atoms with Gasteiger partial charge in [-0.05, 0) is 49.9 Å². The lowest BCUT2D eigenvalue weighted by atomic mass is 9.69. The number of hydrogen-bond acceptors (Lipinski definition) is 4. The molecule has 0 aromatic heterocycles. The van der Waals surface area contributed by atoms with Crippen LogP contribution in [-0.4, -0.2) is 48.3 Å². The van der Waals surface area contributed by atoms with Crippen LogP contribution in [0.2, 0.25) is 0 Å². The third-order valence-corrected chi connectivity index (χ3v) is 7.14. The predicted octanol–water partition coefficient (Wildman–Crippen LogP) is 2.25. The molecule has 160 valence electrons. The molecule has 1 heterocycles. The van der Waals surface area contributed by atoms with Crippen LogP contribution in [0, 0.1) is 29.1 Å². The molecule has 3 fully saturated rings. The summed E-state index contributed by atoms with van der Waals surface area (Å²) in [6.45, 7) is 9.18. The van der Waals surface area contributed by atoms with Crippen LogP contribution in [0.15, 0.2) is 0 Å². The Hall–Kier alpha value is -1.14. The Morgan fingerprint density at radius 2 is 1.61 bits per heavy atom. The normalized spacial score (nSPS) is 34.7. The molecule has 2 amide bonds. The average molecular weight is 395 g/mol. The zero-order valence-electron chi connectivity index (χ0n) is 17.9. The smallest absolute Gasteiger partial charge is 0.223 e. The van der Waals surface area contributed by atoms with Gasteiger partial charge in [0, 0.05) is 17.8 Å². The molecule has 4 atom stereocenters. The van der Waals surface area contributed by atoms with Crippen molar-refractivity contribution in [1.82, 2.24) is 10.6 Å². The fourth-order valence-corrected chi connectivity index (χ4v) is 4.80. The van der Waals surface area contributed by atoms with Crippen LogP contribution in [0.4, 0.5) is 0 Å². The van der Waals surface area contributed by atoms with Crippen molar-refractivity contribution in [3.05, 3.63) is 0 Å². The highest BCUT2D eigenvalue weighted by Gasteiger charge is 2.42. The van der Waals surface area contributed by atoms with Crippen LogP contribution < -0.4 is 10.6 Å². The van der Waals surface area contributed by atoms with Crippen LogP contribution in [0.3, 0.4) is 0 Å². The third-order valence-electron chi connectivity index (χ3n) is 7.14. The summed E-state index contributed by atoms with van der Waals surface area (Å²) >= 11 is 0. The summed E-state index contributed by atoms with van der Waals surface area (Å²) in [5.41, 5.74) is 0.312. The predicted molar refractivity (Wildman–Crippen MR) is 107 cm³/mol. The van der Waals surface area contributed by atoms with E-state index in [0.29, 0.717) is 17.9 Å². The van der Waals surface area contributed by atoms with Gasteiger partial charge in [0.25, 0.3) is 0 Å². The Labute approximate surface area is 169 Å². The number of ether oxygens (including phenoxy) is 1. The molecule has 3 N–H and O–H groups in total. The highest BCUT2D eigenvalue weighted by Crippen LogP contribution is 2.40. The first-order valence-electron chi connectivity index (χ1n) is 11.0. The number of rotatable bonds is 6. The van der Waals surface area contributed by atoms with Crippen LogP contribution in [-0.2, 0) is 14.3 Å². The van der Waals surface area contributed by atoms with Crippen molar-refractivity contribution in [2.75, 3.05) is 13.2 Å². The van der Waals surface area contributed by atoms with Gasteiger partial charge in [-0.15, -0.1) is 0 Å². The van der Waals surface area contributed by atoms with Crippen LogP contribution in [0.5, 0.6) is 0 Å². The van der Waals surface area contributed by atoms with Gasteiger partial charge in [0.1, 0.15) is 0 Å². The molecule has 6 heteroatoms. The van der Waals surface area contributed by atoms with E-state index in [0.717, 1.165) is 38.5 Å². The van der Waals surface area contributed by atoms with E-state index in [-0.39, 0.29) is 48.3 Å². The topological polar surface area (TPSA) is 87.7 Å². The van der Waals surface area contributed by atoms with Gasteiger partial charge in [-0.3, -0.25) is 9.59 Å². The Morgan fingerprint density at radius 1 is 1.04 bits per heavy atom. The highest BCUT2D eigenvalue weighted by molar-refractivity contribution is 5.81. The summed E-state index contributed by atoms with van der Waals surface area (Å²) in [7, 11) is 0. The Kier molecular flexibility index (Phi) is 6.70. The second kappa shape index (κ2) is 8.70. The summed E-state index contributed by atoms with van der Waals surface area (Å²) < 4.78 is 5.89. The van der Waals surface area contributed by atoms with Gasteiger partial charge in [-0.1, -0.05) is 27.7 Å². The molecule has 6 nitrogen and oxygen atoms in total. The van der Waals surface area contributed by atoms with E-state index < -0.39 is 6.04 Å². The first-order chi connectivity index (χ1) is 13.2. The summed E-state index contributed by atoms with van der Waals surface area (Å²) in [4.78, 5) is 24.8. The molecule has 1 saturated heterocycles. The lowest BCUT2D eigenvalue weighted by Crippen LogP contribution is -2.50. The molecule has 1 aliphatic heterocycles. The molecule has 3 rings (SSSR count). The van der Waals surface area contributed by atoms with Crippen LogP contribution >= 0.6 is 0 Å². The monoisotopic (exact) mass is 394 g/mol. The number of nitrogens with one attached hydrogen (secondary N) is 2.